The number of unbranched alkanes of at least 4 members (excludes halogenated alkanes) is 2. The van der Waals surface area contributed by atoms with Crippen molar-refractivity contribution in [2.45, 2.75) is 39.5 Å². The summed E-state index contributed by atoms with van der Waals surface area (Å²) in [6.45, 7) is 4.40. The molecule has 5 aromatic rings. The molecule has 5 heteroatoms. The molecule has 0 aliphatic heterocycles. The van der Waals surface area contributed by atoms with Gasteiger partial charge in [0.1, 0.15) is 10.0 Å². The van der Waals surface area contributed by atoms with Crippen LogP contribution < -0.4 is 0 Å². The van der Waals surface area contributed by atoms with Gasteiger partial charge < -0.3 is 0 Å². The van der Waals surface area contributed by atoms with Crippen LogP contribution in [0.15, 0.2) is 36.4 Å². The number of hydrogen-bond acceptors (Lipinski definition) is 5. The first-order chi connectivity index (χ1) is 14.2. The summed E-state index contributed by atoms with van der Waals surface area (Å²) in [4.78, 5) is 9.64. The fourth-order valence-corrected chi connectivity index (χ4v) is 6.47. The van der Waals surface area contributed by atoms with E-state index in [9.17, 15) is 0 Å². The van der Waals surface area contributed by atoms with Gasteiger partial charge in [-0.15, -0.1) is 34.0 Å². The van der Waals surface area contributed by atoms with Crippen molar-refractivity contribution in [2.24, 2.45) is 0 Å². The second-order valence-electron chi connectivity index (χ2n) is 7.22. The van der Waals surface area contributed by atoms with Crippen LogP contribution in [0.4, 0.5) is 0 Å². The summed E-state index contributed by atoms with van der Waals surface area (Å²) in [7, 11) is 0. The SMILES string of the molecule is CCC/C=C/c1nc2cc3sc4cc5nc(/C=C/CCC)sc5cc4c3cc2s1. The topological polar surface area (TPSA) is 25.8 Å². The van der Waals surface area contributed by atoms with E-state index in [1.165, 1.54) is 42.4 Å². The van der Waals surface area contributed by atoms with Gasteiger partial charge in [0.15, 0.2) is 0 Å². The highest BCUT2D eigenvalue weighted by molar-refractivity contribution is 7.26. The van der Waals surface area contributed by atoms with Crippen LogP contribution in [0, 0.1) is 0 Å². The third-order valence-electron chi connectivity index (χ3n) is 4.95. The van der Waals surface area contributed by atoms with Crippen molar-refractivity contribution >= 4 is 86.8 Å². The second-order valence-corrected chi connectivity index (χ2v) is 10.4. The molecule has 0 saturated heterocycles. The Kier molecular flexibility index (Phi) is 5.20. The molecule has 0 aliphatic rings. The molecule has 0 atom stereocenters. The Balaban J connectivity index is 1.60. The van der Waals surface area contributed by atoms with Gasteiger partial charge in [-0.25, -0.2) is 9.97 Å². The van der Waals surface area contributed by atoms with Gasteiger partial charge in [-0.3, -0.25) is 0 Å². The van der Waals surface area contributed by atoms with Crippen LogP contribution in [0.25, 0.3) is 52.8 Å². The Morgan fingerprint density at radius 3 is 1.59 bits per heavy atom. The quantitative estimate of drug-likeness (QED) is 0.266. The maximum Gasteiger partial charge on any atom is 0.117 e. The van der Waals surface area contributed by atoms with Gasteiger partial charge in [0.2, 0.25) is 0 Å². The van der Waals surface area contributed by atoms with Crippen LogP contribution in [0.2, 0.25) is 0 Å². The first-order valence-corrected chi connectivity index (χ1v) is 12.6. The molecule has 2 aromatic carbocycles. The van der Waals surface area contributed by atoms with E-state index in [2.05, 4.69) is 62.4 Å². The number of fused-ring (bicyclic) bond motifs is 5. The fraction of sp³-hybridized carbons (Fsp3) is 0.250. The molecule has 0 saturated carbocycles. The van der Waals surface area contributed by atoms with Crippen molar-refractivity contribution in [1.82, 2.24) is 9.97 Å². The Labute approximate surface area is 182 Å². The molecule has 0 fully saturated rings. The summed E-state index contributed by atoms with van der Waals surface area (Å²) in [5, 5.41) is 4.87. The zero-order chi connectivity index (χ0) is 19.8. The maximum atomic E-state index is 4.82. The summed E-state index contributed by atoms with van der Waals surface area (Å²) >= 11 is 5.41. The zero-order valence-electron chi connectivity index (χ0n) is 16.6. The number of benzene rings is 2. The van der Waals surface area contributed by atoms with Crippen LogP contribution in [0.1, 0.15) is 49.5 Å². The van der Waals surface area contributed by atoms with E-state index in [1.807, 2.05) is 11.3 Å². The molecule has 2 nitrogen and oxygen atoms in total. The average molecular weight is 435 g/mol. The zero-order valence-corrected chi connectivity index (χ0v) is 19.0. The summed E-state index contributed by atoms with van der Waals surface area (Å²) in [6, 6.07) is 9.16. The number of aromatic nitrogens is 2. The molecule has 0 spiro atoms. The molecule has 0 radical (unpaired) electrons. The Hall–Kier alpha value is -2.08. The van der Waals surface area contributed by atoms with Crippen molar-refractivity contribution in [1.29, 1.82) is 0 Å². The van der Waals surface area contributed by atoms with Crippen molar-refractivity contribution in [2.75, 3.05) is 0 Å². The minimum Gasteiger partial charge on any atom is -0.237 e. The first-order valence-electron chi connectivity index (χ1n) is 10.2. The van der Waals surface area contributed by atoms with Gasteiger partial charge in [-0.05, 0) is 49.3 Å². The molecule has 29 heavy (non-hydrogen) atoms. The number of allylic oxidation sites excluding steroid dienone is 2. The molecule has 0 N–H and O–H groups in total. The Morgan fingerprint density at radius 1 is 0.655 bits per heavy atom. The molecule has 0 aliphatic carbocycles. The van der Waals surface area contributed by atoms with Crippen LogP contribution in [0.3, 0.4) is 0 Å². The van der Waals surface area contributed by atoms with Gasteiger partial charge in [-0.1, -0.05) is 38.8 Å². The third kappa shape index (κ3) is 3.63. The highest BCUT2D eigenvalue weighted by Gasteiger charge is 2.12. The van der Waals surface area contributed by atoms with Crippen molar-refractivity contribution in [3.8, 4) is 0 Å². The van der Waals surface area contributed by atoms with Gasteiger partial charge in [0, 0.05) is 20.2 Å². The molecule has 3 aromatic heterocycles. The average Bonchev–Trinajstić information content (AvgIpc) is 3.38. The minimum absolute atomic E-state index is 1.10. The molecular weight excluding hydrogens is 412 g/mol. The van der Waals surface area contributed by atoms with E-state index in [-0.39, 0.29) is 0 Å². The van der Waals surface area contributed by atoms with Crippen LogP contribution in [-0.2, 0) is 0 Å². The van der Waals surface area contributed by atoms with E-state index < -0.39 is 0 Å². The van der Waals surface area contributed by atoms with Crippen molar-refractivity contribution in [3.63, 3.8) is 0 Å². The van der Waals surface area contributed by atoms with Crippen LogP contribution in [0.5, 0.6) is 0 Å². The van der Waals surface area contributed by atoms with Crippen molar-refractivity contribution < 1.29 is 0 Å². The maximum absolute atomic E-state index is 4.82. The summed E-state index contributed by atoms with van der Waals surface area (Å²) in [5.74, 6) is 0. The Bertz CT molecular complexity index is 1280. The highest BCUT2D eigenvalue weighted by atomic mass is 32.1. The number of rotatable bonds is 6. The van der Waals surface area contributed by atoms with E-state index in [1.54, 1.807) is 22.7 Å². The lowest BCUT2D eigenvalue weighted by Gasteiger charge is -1.92. The normalized spacial score (nSPS) is 12.8. The monoisotopic (exact) mass is 434 g/mol. The molecule has 5 rings (SSSR count). The van der Waals surface area contributed by atoms with E-state index >= 15 is 0 Å². The lowest BCUT2D eigenvalue weighted by atomic mass is 10.1. The van der Waals surface area contributed by atoms with E-state index in [0.717, 1.165) is 33.9 Å². The molecule has 0 amide bonds. The number of hydrogen-bond donors (Lipinski definition) is 0. The lowest BCUT2D eigenvalue weighted by Crippen LogP contribution is -1.71. The number of nitrogens with zero attached hydrogens (tertiary/aromatic N) is 2. The second kappa shape index (κ2) is 7.98. The number of thiazole rings is 2. The van der Waals surface area contributed by atoms with E-state index in [0.29, 0.717) is 0 Å². The predicted octanol–water partition coefficient (Wildman–Crippen LogP) is 8.90. The largest absolute Gasteiger partial charge is 0.237 e. The molecule has 0 unspecified atom stereocenters. The predicted molar refractivity (Wildman–Crippen MR) is 134 cm³/mol. The van der Waals surface area contributed by atoms with Crippen molar-refractivity contribution in [3.05, 3.63) is 46.4 Å². The van der Waals surface area contributed by atoms with Gasteiger partial charge in [0.25, 0.3) is 0 Å². The summed E-state index contributed by atoms with van der Waals surface area (Å²) in [6.07, 6.45) is 13.3. The smallest absolute Gasteiger partial charge is 0.117 e. The van der Waals surface area contributed by atoms with Gasteiger partial charge >= 0.3 is 0 Å². The summed E-state index contributed by atoms with van der Waals surface area (Å²) in [5.41, 5.74) is 2.21. The lowest BCUT2D eigenvalue weighted by molar-refractivity contribution is 0.962. The first kappa shape index (κ1) is 18.9. The minimum atomic E-state index is 1.10. The molecular formula is C24H22N2S3. The standard InChI is InChI=1S/C24H22N2S3/c1-3-5-7-9-23-25-17-13-19-15(11-21(17)28-23)16-12-22-18(14-20(16)27-19)26-24(29-22)10-8-6-4-2/h7-14H,3-6H2,1-2H3/b9-7+,10-8+. The summed E-state index contributed by atoms with van der Waals surface area (Å²) < 4.78 is 5.15. The molecule has 146 valence electrons. The number of thiophene rings is 1. The molecule has 3 heterocycles. The highest BCUT2D eigenvalue weighted by Crippen LogP contribution is 2.40. The van der Waals surface area contributed by atoms with Crippen LogP contribution in [-0.4, -0.2) is 9.97 Å². The van der Waals surface area contributed by atoms with Crippen LogP contribution >= 0.6 is 34.0 Å². The van der Waals surface area contributed by atoms with Gasteiger partial charge in [-0.2, -0.15) is 0 Å². The fourth-order valence-electron chi connectivity index (χ4n) is 3.50. The Morgan fingerprint density at radius 2 is 1.14 bits per heavy atom. The third-order valence-corrected chi connectivity index (χ3v) is 8.04. The van der Waals surface area contributed by atoms with E-state index in [4.69, 9.17) is 9.97 Å². The molecule has 0 bridgehead atoms. The van der Waals surface area contributed by atoms with Gasteiger partial charge in [0.05, 0.1) is 20.4 Å².